The van der Waals surface area contributed by atoms with E-state index in [0.717, 1.165) is 0 Å². The minimum absolute atomic E-state index is 0.0324. The van der Waals surface area contributed by atoms with E-state index in [-0.39, 0.29) is 31.1 Å². The van der Waals surface area contributed by atoms with Crippen molar-refractivity contribution in [1.29, 1.82) is 0 Å². The van der Waals surface area contributed by atoms with Crippen molar-refractivity contribution < 1.29 is 28.6 Å². The molecular formula is C14H24O6. The summed E-state index contributed by atoms with van der Waals surface area (Å²) >= 11 is 0. The first-order valence-corrected chi connectivity index (χ1v) is 6.65. The molecule has 0 aliphatic carbocycles. The number of ether oxygens (including phenoxy) is 3. The fourth-order valence-corrected chi connectivity index (χ4v) is 1.59. The highest BCUT2D eigenvalue weighted by Crippen LogP contribution is 2.07. The minimum atomic E-state index is -0.566. The van der Waals surface area contributed by atoms with Crippen molar-refractivity contribution in [2.45, 2.75) is 65.3 Å². The number of rotatable bonds is 9. The van der Waals surface area contributed by atoms with Crippen LogP contribution in [0, 0.1) is 0 Å². The van der Waals surface area contributed by atoms with Crippen molar-refractivity contribution in [3.05, 3.63) is 0 Å². The van der Waals surface area contributed by atoms with Crippen LogP contribution in [0.3, 0.4) is 0 Å². The number of carbonyl (C=O) groups is 3. The molecule has 116 valence electrons. The van der Waals surface area contributed by atoms with E-state index in [1.54, 1.807) is 20.8 Å². The van der Waals surface area contributed by atoms with Gasteiger partial charge in [0.25, 0.3) is 0 Å². The summed E-state index contributed by atoms with van der Waals surface area (Å²) in [6, 6.07) is 0. The second-order valence-corrected chi connectivity index (χ2v) is 4.96. The maximum Gasteiger partial charge on any atom is 0.309 e. The van der Waals surface area contributed by atoms with E-state index in [2.05, 4.69) is 0 Å². The van der Waals surface area contributed by atoms with Crippen molar-refractivity contribution in [2.24, 2.45) is 0 Å². The molecule has 0 bridgehead atoms. The Morgan fingerprint density at radius 3 is 1.60 bits per heavy atom. The quantitative estimate of drug-likeness (QED) is 0.600. The van der Waals surface area contributed by atoms with Crippen LogP contribution < -0.4 is 0 Å². The predicted octanol–water partition coefficient (Wildman–Crippen LogP) is 1.64. The summed E-state index contributed by atoms with van der Waals surface area (Å²) in [4.78, 5) is 33.9. The number of methoxy groups -OCH3 is 1. The largest absolute Gasteiger partial charge is 0.462 e. The van der Waals surface area contributed by atoms with Gasteiger partial charge in [0, 0.05) is 13.5 Å². The summed E-state index contributed by atoms with van der Waals surface area (Å²) in [5.74, 6) is -0.950. The van der Waals surface area contributed by atoms with Crippen molar-refractivity contribution in [3.63, 3.8) is 0 Å². The molecule has 0 aromatic rings. The van der Waals surface area contributed by atoms with Crippen LogP contribution in [-0.4, -0.2) is 43.1 Å². The second-order valence-electron chi connectivity index (χ2n) is 4.96. The molecule has 0 saturated carbocycles. The first-order chi connectivity index (χ1) is 9.24. The Morgan fingerprint density at radius 2 is 1.20 bits per heavy atom. The highest BCUT2D eigenvalue weighted by molar-refractivity contribution is 5.77. The van der Waals surface area contributed by atoms with Gasteiger partial charge < -0.3 is 14.2 Å². The van der Waals surface area contributed by atoms with Crippen molar-refractivity contribution in [3.8, 4) is 0 Å². The number of ketones is 1. The fraction of sp³-hybridized carbons (Fsp3) is 0.786. The van der Waals surface area contributed by atoms with Gasteiger partial charge in [-0.1, -0.05) is 0 Å². The Kier molecular flexibility index (Phi) is 8.79. The smallest absolute Gasteiger partial charge is 0.309 e. The fourth-order valence-electron chi connectivity index (χ4n) is 1.59. The maximum absolute atomic E-state index is 11.6. The van der Waals surface area contributed by atoms with Crippen LogP contribution in [0.2, 0.25) is 0 Å². The molecule has 0 radical (unpaired) electrons. The van der Waals surface area contributed by atoms with Crippen LogP contribution in [0.4, 0.5) is 0 Å². The Hall–Kier alpha value is -1.43. The third kappa shape index (κ3) is 9.49. The molecule has 6 nitrogen and oxygen atoms in total. The van der Waals surface area contributed by atoms with Crippen LogP contribution >= 0.6 is 0 Å². The zero-order chi connectivity index (χ0) is 15.7. The number of hydrogen-bond donors (Lipinski definition) is 0. The topological polar surface area (TPSA) is 78.9 Å². The summed E-state index contributed by atoms with van der Waals surface area (Å²) in [6.45, 7) is 6.46. The van der Waals surface area contributed by atoms with E-state index in [1.807, 2.05) is 0 Å². The minimum Gasteiger partial charge on any atom is -0.462 e. The molecule has 0 aromatic heterocycles. The van der Waals surface area contributed by atoms with Crippen LogP contribution in [-0.2, 0) is 28.6 Å². The van der Waals surface area contributed by atoms with Gasteiger partial charge in [0.2, 0.25) is 0 Å². The van der Waals surface area contributed by atoms with E-state index < -0.39 is 24.1 Å². The first-order valence-electron chi connectivity index (χ1n) is 6.65. The number of Topliss-reactive ketones (excluding diaryl/α,β-unsaturated/α-hetero) is 1. The van der Waals surface area contributed by atoms with Crippen LogP contribution in [0.25, 0.3) is 0 Å². The number of esters is 2. The average Bonchev–Trinajstić information content (AvgIpc) is 2.26. The molecule has 6 heteroatoms. The first kappa shape index (κ1) is 18.6. The van der Waals surface area contributed by atoms with Gasteiger partial charge in [-0.15, -0.1) is 0 Å². The zero-order valence-electron chi connectivity index (χ0n) is 12.8. The van der Waals surface area contributed by atoms with Gasteiger partial charge in [-0.05, 0) is 27.7 Å². The van der Waals surface area contributed by atoms with Gasteiger partial charge >= 0.3 is 11.9 Å². The van der Waals surface area contributed by atoms with Gasteiger partial charge in [0.1, 0.15) is 18.0 Å². The van der Waals surface area contributed by atoms with Crippen LogP contribution in [0.15, 0.2) is 0 Å². The predicted molar refractivity (Wildman–Crippen MR) is 72.1 cm³/mol. The van der Waals surface area contributed by atoms with E-state index >= 15 is 0 Å². The van der Waals surface area contributed by atoms with Gasteiger partial charge in [-0.2, -0.15) is 0 Å². The molecule has 0 fully saturated rings. The van der Waals surface area contributed by atoms with Crippen molar-refractivity contribution in [2.75, 3.05) is 7.11 Å². The van der Waals surface area contributed by atoms with Gasteiger partial charge in [0.05, 0.1) is 18.9 Å². The molecule has 0 amide bonds. The molecule has 0 spiro atoms. The molecule has 3 atom stereocenters. The van der Waals surface area contributed by atoms with Crippen molar-refractivity contribution >= 4 is 17.7 Å². The highest BCUT2D eigenvalue weighted by atomic mass is 16.6. The summed E-state index contributed by atoms with van der Waals surface area (Å²) in [5.41, 5.74) is 0. The maximum atomic E-state index is 11.6. The molecule has 0 aromatic carbocycles. The zero-order valence-corrected chi connectivity index (χ0v) is 12.8. The lowest BCUT2D eigenvalue weighted by molar-refractivity contribution is -0.157. The third-order valence-corrected chi connectivity index (χ3v) is 2.55. The summed E-state index contributed by atoms with van der Waals surface area (Å²) in [6.07, 6.45) is -0.964. The van der Waals surface area contributed by atoms with E-state index in [0.29, 0.717) is 0 Å². The normalized spacial score (nSPS) is 15.1. The standard InChI is InChI=1S/C14H24O6/c1-9(15)6-11(3)19-14(17)8-12(4)20-13(16)7-10(2)18-5/h10-12H,6-8H2,1-5H3/t10-,11-,12-/m1/s1. The van der Waals surface area contributed by atoms with Gasteiger partial charge in [0.15, 0.2) is 0 Å². The van der Waals surface area contributed by atoms with E-state index in [4.69, 9.17) is 14.2 Å². The lowest BCUT2D eigenvalue weighted by Crippen LogP contribution is -2.25. The molecule has 0 aliphatic rings. The highest BCUT2D eigenvalue weighted by Gasteiger charge is 2.18. The second kappa shape index (κ2) is 9.47. The average molecular weight is 288 g/mol. The summed E-state index contributed by atoms with van der Waals surface area (Å²) in [7, 11) is 1.51. The number of carbonyl (C=O) groups excluding carboxylic acids is 3. The van der Waals surface area contributed by atoms with Gasteiger partial charge in [-0.25, -0.2) is 0 Å². The molecule has 0 saturated heterocycles. The molecule has 0 aliphatic heterocycles. The monoisotopic (exact) mass is 288 g/mol. The Balaban J connectivity index is 4.01. The third-order valence-electron chi connectivity index (χ3n) is 2.55. The molecule has 0 unspecified atom stereocenters. The SMILES string of the molecule is CO[C@H](C)CC(=O)O[C@H](C)CC(=O)O[C@H](C)CC(C)=O. The molecular weight excluding hydrogens is 264 g/mol. The number of hydrogen-bond acceptors (Lipinski definition) is 6. The molecule has 0 heterocycles. The lowest BCUT2D eigenvalue weighted by atomic mass is 10.2. The van der Waals surface area contributed by atoms with Crippen LogP contribution in [0.5, 0.6) is 0 Å². The lowest BCUT2D eigenvalue weighted by Gasteiger charge is -2.16. The van der Waals surface area contributed by atoms with E-state index in [9.17, 15) is 14.4 Å². The van der Waals surface area contributed by atoms with Crippen LogP contribution in [0.1, 0.15) is 47.0 Å². The molecule has 0 rings (SSSR count). The molecule has 20 heavy (non-hydrogen) atoms. The summed E-state index contributed by atoms with van der Waals surface area (Å²) in [5, 5.41) is 0. The van der Waals surface area contributed by atoms with E-state index in [1.165, 1.54) is 14.0 Å². The van der Waals surface area contributed by atoms with Gasteiger partial charge in [-0.3, -0.25) is 14.4 Å². The molecule has 0 N–H and O–H groups in total. The Bertz CT molecular complexity index is 339. The Morgan fingerprint density at radius 1 is 0.800 bits per heavy atom. The van der Waals surface area contributed by atoms with Crippen molar-refractivity contribution in [1.82, 2.24) is 0 Å². The summed E-state index contributed by atoms with van der Waals surface area (Å²) < 4.78 is 15.1. The Labute approximate surface area is 119 Å².